The molecule has 0 saturated heterocycles. The fourth-order valence-electron chi connectivity index (χ4n) is 1.13. The lowest BCUT2D eigenvalue weighted by molar-refractivity contribution is 0.607. The summed E-state index contributed by atoms with van der Waals surface area (Å²) in [5.41, 5.74) is 1.13. The zero-order valence-electron chi connectivity index (χ0n) is 8.75. The van der Waals surface area contributed by atoms with Gasteiger partial charge in [0, 0.05) is 19.3 Å². The maximum absolute atomic E-state index is 4.19. The maximum Gasteiger partial charge on any atom is 0.0726 e. The lowest BCUT2D eigenvalue weighted by Gasteiger charge is -2.05. The first-order chi connectivity index (χ1) is 6.22. The Kier molecular flexibility index (Phi) is 3.80. The van der Waals surface area contributed by atoms with Gasteiger partial charge in [-0.15, -0.1) is 0 Å². The third-order valence-electron chi connectivity index (χ3n) is 2.01. The Morgan fingerprint density at radius 2 is 2.31 bits per heavy atom. The van der Waals surface area contributed by atoms with Gasteiger partial charge in [0.2, 0.25) is 0 Å². The number of aryl methyl sites for hydroxylation is 1. The summed E-state index contributed by atoms with van der Waals surface area (Å²) in [6.07, 6.45) is 5.13. The van der Waals surface area contributed by atoms with Crippen molar-refractivity contribution in [1.82, 2.24) is 9.78 Å². The van der Waals surface area contributed by atoms with E-state index in [0.717, 1.165) is 24.7 Å². The molecule has 1 aromatic rings. The molecule has 3 heteroatoms. The predicted molar refractivity (Wildman–Crippen MR) is 55.8 cm³/mol. The summed E-state index contributed by atoms with van der Waals surface area (Å²) in [7, 11) is 0. The minimum atomic E-state index is 0.758. The highest BCUT2D eigenvalue weighted by atomic mass is 15.3. The van der Waals surface area contributed by atoms with Crippen LogP contribution in [0.25, 0.3) is 0 Å². The molecular formula is C10H19N3. The number of rotatable bonds is 5. The highest BCUT2D eigenvalue weighted by Gasteiger charge is 1.96. The second kappa shape index (κ2) is 4.90. The van der Waals surface area contributed by atoms with Crippen LogP contribution in [-0.2, 0) is 6.54 Å². The van der Waals surface area contributed by atoms with E-state index in [2.05, 4.69) is 31.2 Å². The van der Waals surface area contributed by atoms with E-state index in [-0.39, 0.29) is 0 Å². The van der Waals surface area contributed by atoms with Gasteiger partial charge < -0.3 is 5.32 Å². The van der Waals surface area contributed by atoms with E-state index in [0.29, 0.717) is 0 Å². The Hall–Kier alpha value is -0.990. The van der Waals surface area contributed by atoms with Crippen LogP contribution < -0.4 is 5.32 Å². The van der Waals surface area contributed by atoms with Gasteiger partial charge in [-0.3, -0.25) is 4.68 Å². The Morgan fingerprint density at radius 1 is 1.54 bits per heavy atom. The molecule has 74 valence electrons. The van der Waals surface area contributed by atoms with Crippen LogP contribution in [0.15, 0.2) is 12.4 Å². The van der Waals surface area contributed by atoms with Gasteiger partial charge in [-0.1, -0.05) is 13.8 Å². The molecule has 1 heterocycles. The highest BCUT2D eigenvalue weighted by molar-refractivity contribution is 5.37. The molecule has 0 bridgehead atoms. The predicted octanol–water partition coefficient (Wildman–Crippen LogP) is 2.36. The molecule has 0 atom stereocenters. The normalized spacial score (nSPS) is 10.8. The van der Waals surface area contributed by atoms with Crippen LogP contribution in [-0.4, -0.2) is 16.3 Å². The molecule has 1 aromatic heterocycles. The quantitative estimate of drug-likeness (QED) is 0.755. The molecule has 0 fully saturated rings. The molecule has 0 radical (unpaired) electrons. The van der Waals surface area contributed by atoms with E-state index in [1.807, 2.05) is 17.1 Å². The van der Waals surface area contributed by atoms with Crippen molar-refractivity contribution in [3.05, 3.63) is 12.4 Å². The number of nitrogens with zero attached hydrogens (tertiary/aromatic N) is 2. The minimum Gasteiger partial charge on any atom is -0.383 e. The van der Waals surface area contributed by atoms with Gasteiger partial charge in [-0.25, -0.2) is 0 Å². The highest BCUT2D eigenvalue weighted by Crippen LogP contribution is 2.06. The number of aromatic nitrogens is 2. The monoisotopic (exact) mass is 181 g/mol. The topological polar surface area (TPSA) is 29.9 Å². The van der Waals surface area contributed by atoms with Crippen LogP contribution in [0.1, 0.15) is 27.2 Å². The first-order valence-electron chi connectivity index (χ1n) is 4.98. The molecule has 0 aliphatic rings. The Labute approximate surface area is 80.1 Å². The van der Waals surface area contributed by atoms with Gasteiger partial charge in [0.05, 0.1) is 11.9 Å². The summed E-state index contributed by atoms with van der Waals surface area (Å²) in [4.78, 5) is 0. The molecule has 0 aliphatic carbocycles. The molecule has 1 N–H and O–H groups in total. The summed E-state index contributed by atoms with van der Waals surface area (Å²) in [5.74, 6) is 0.758. The summed E-state index contributed by atoms with van der Waals surface area (Å²) in [6, 6.07) is 0. The fourth-order valence-corrected chi connectivity index (χ4v) is 1.13. The number of hydrogen-bond donors (Lipinski definition) is 1. The van der Waals surface area contributed by atoms with Crippen molar-refractivity contribution < 1.29 is 0 Å². The van der Waals surface area contributed by atoms with Crippen LogP contribution >= 0.6 is 0 Å². The zero-order valence-corrected chi connectivity index (χ0v) is 8.75. The third-order valence-corrected chi connectivity index (χ3v) is 2.01. The smallest absolute Gasteiger partial charge is 0.0726 e. The van der Waals surface area contributed by atoms with E-state index < -0.39 is 0 Å². The first kappa shape index (κ1) is 10.1. The van der Waals surface area contributed by atoms with Crippen molar-refractivity contribution in [2.45, 2.75) is 33.7 Å². The molecule has 0 spiro atoms. The molecule has 1 rings (SSSR count). The molecule has 0 unspecified atom stereocenters. The van der Waals surface area contributed by atoms with Gasteiger partial charge in [-0.2, -0.15) is 5.10 Å². The van der Waals surface area contributed by atoms with E-state index in [1.165, 1.54) is 6.42 Å². The maximum atomic E-state index is 4.19. The lowest BCUT2D eigenvalue weighted by atomic mass is 10.1. The van der Waals surface area contributed by atoms with E-state index in [1.54, 1.807) is 0 Å². The van der Waals surface area contributed by atoms with E-state index >= 15 is 0 Å². The molecule has 0 aromatic carbocycles. The van der Waals surface area contributed by atoms with Crippen LogP contribution in [0.2, 0.25) is 0 Å². The first-order valence-corrected chi connectivity index (χ1v) is 4.98. The fraction of sp³-hybridized carbons (Fsp3) is 0.700. The Balaban J connectivity index is 2.28. The second-order valence-corrected chi connectivity index (χ2v) is 3.69. The molecule has 0 amide bonds. The number of nitrogens with one attached hydrogen (secondary N) is 1. The summed E-state index contributed by atoms with van der Waals surface area (Å²) in [6.45, 7) is 8.53. The van der Waals surface area contributed by atoms with Gasteiger partial charge >= 0.3 is 0 Å². The molecule has 0 aliphatic heterocycles. The molecule has 0 saturated carbocycles. The van der Waals surface area contributed by atoms with Crippen molar-refractivity contribution in [1.29, 1.82) is 0 Å². The largest absolute Gasteiger partial charge is 0.383 e. The standard InChI is InChI=1S/C10H19N3/c1-4-13-8-10(7-12-13)11-6-5-9(2)3/h7-9,11H,4-6H2,1-3H3. The second-order valence-electron chi connectivity index (χ2n) is 3.69. The zero-order chi connectivity index (χ0) is 9.68. The Bertz CT molecular complexity index is 240. The minimum absolute atomic E-state index is 0.758. The lowest BCUT2D eigenvalue weighted by Crippen LogP contribution is -2.03. The molecule has 13 heavy (non-hydrogen) atoms. The van der Waals surface area contributed by atoms with Gasteiger partial charge in [0.15, 0.2) is 0 Å². The van der Waals surface area contributed by atoms with E-state index in [9.17, 15) is 0 Å². The number of hydrogen-bond acceptors (Lipinski definition) is 2. The molecular weight excluding hydrogens is 162 g/mol. The molecule has 3 nitrogen and oxygen atoms in total. The van der Waals surface area contributed by atoms with Gasteiger partial charge in [0.1, 0.15) is 0 Å². The van der Waals surface area contributed by atoms with Crippen LogP contribution in [0.5, 0.6) is 0 Å². The van der Waals surface area contributed by atoms with Crippen molar-refractivity contribution >= 4 is 5.69 Å². The average Bonchev–Trinajstić information content (AvgIpc) is 2.52. The van der Waals surface area contributed by atoms with Crippen LogP contribution in [0.3, 0.4) is 0 Å². The van der Waals surface area contributed by atoms with Crippen molar-refractivity contribution in [3.8, 4) is 0 Å². The van der Waals surface area contributed by atoms with Crippen molar-refractivity contribution in [3.63, 3.8) is 0 Å². The van der Waals surface area contributed by atoms with Crippen LogP contribution in [0, 0.1) is 5.92 Å². The Morgan fingerprint density at radius 3 is 2.85 bits per heavy atom. The van der Waals surface area contributed by atoms with Crippen LogP contribution in [0.4, 0.5) is 5.69 Å². The summed E-state index contributed by atoms with van der Waals surface area (Å²) in [5, 5.41) is 7.53. The SMILES string of the molecule is CCn1cc(NCCC(C)C)cn1. The van der Waals surface area contributed by atoms with Crippen molar-refractivity contribution in [2.75, 3.05) is 11.9 Å². The van der Waals surface area contributed by atoms with Gasteiger partial charge in [-0.05, 0) is 19.3 Å². The van der Waals surface area contributed by atoms with Crippen molar-refractivity contribution in [2.24, 2.45) is 5.92 Å². The third kappa shape index (κ3) is 3.49. The number of anilines is 1. The van der Waals surface area contributed by atoms with E-state index in [4.69, 9.17) is 0 Å². The summed E-state index contributed by atoms with van der Waals surface area (Å²) >= 11 is 0. The van der Waals surface area contributed by atoms with Gasteiger partial charge in [0.25, 0.3) is 0 Å². The summed E-state index contributed by atoms with van der Waals surface area (Å²) < 4.78 is 1.93. The average molecular weight is 181 g/mol.